The summed E-state index contributed by atoms with van der Waals surface area (Å²) in [6, 6.07) is 7.52. The van der Waals surface area contributed by atoms with Crippen LogP contribution in [0.1, 0.15) is 16.8 Å². The van der Waals surface area contributed by atoms with Crippen LogP contribution in [0.25, 0.3) is 5.69 Å². The third-order valence-electron chi connectivity index (χ3n) is 3.33. The number of nitrogens with one attached hydrogen (secondary N) is 2. The summed E-state index contributed by atoms with van der Waals surface area (Å²) in [5, 5.41) is 11.1. The highest BCUT2D eigenvalue weighted by molar-refractivity contribution is 6.30. The zero-order valence-electron chi connectivity index (χ0n) is 10.8. The van der Waals surface area contributed by atoms with E-state index < -0.39 is 0 Å². The summed E-state index contributed by atoms with van der Waals surface area (Å²) in [6.45, 7) is 1.78. The predicted molar refractivity (Wildman–Crippen MR) is 77.3 cm³/mol. The lowest BCUT2D eigenvalue weighted by Gasteiger charge is -2.09. The molecule has 6 heteroatoms. The van der Waals surface area contributed by atoms with Crippen molar-refractivity contribution in [3.05, 3.63) is 47.2 Å². The fourth-order valence-corrected chi connectivity index (χ4v) is 2.35. The summed E-state index contributed by atoms with van der Waals surface area (Å²) in [4.78, 5) is 12.1. The Kier molecular flexibility index (Phi) is 3.71. The number of carbonyl (C=O) groups excluding carboxylic acids is 1. The van der Waals surface area contributed by atoms with E-state index in [1.807, 2.05) is 12.1 Å². The molecule has 1 atom stereocenters. The molecule has 1 aliphatic heterocycles. The molecule has 1 aromatic heterocycles. The van der Waals surface area contributed by atoms with Gasteiger partial charge < -0.3 is 10.6 Å². The Labute approximate surface area is 121 Å². The Balaban J connectivity index is 1.72. The summed E-state index contributed by atoms with van der Waals surface area (Å²) in [5.74, 6) is -0.0843. The highest BCUT2D eigenvalue weighted by atomic mass is 35.5. The molecule has 3 rings (SSSR count). The molecule has 0 bridgehead atoms. The molecule has 5 nitrogen and oxygen atoms in total. The fraction of sp³-hybridized carbons (Fsp3) is 0.286. The van der Waals surface area contributed by atoms with E-state index in [0.29, 0.717) is 10.6 Å². The molecule has 1 fully saturated rings. The van der Waals surface area contributed by atoms with Crippen LogP contribution in [0.3, 0.4) is 0 Å². The first kappa shape index (κ1) is 13.1. The number of halogens is 1. The lowest BCUT2D eigenvalue weighted by Crippen LogP contribution is -2.36. The Morgan fingerprint density at radius 1 is 1.40 bits per heavy atom. The molecule has 2 heterocycles. The number of carbonyl (C=O) groups is 1. The molecule has 2 aromatic rings. The minimum Gasteiger partial charge on any atom is -0.348 e. The Morgan fingerprint density at radius 2 is 2.20 bits per heavy atom. The maximum Gasteiger partial charge on any atom is 0.254 e. The van der Waals surface area contributed by atoms with Gasteiger partial charge in [0.1, 0.15) is 0 Å². The van der Waals surface area contributed by atoms with Gasteiger partial charge in [0.25, 0.3) is 5.91 Å². The van der Waals surface area contributed by atoms with Gasteiger partial charge in [-0.3, -0.25) is 4.79 Å². The van der Waals surface area contributed by atoms with Crippen LogP contribution in [0.5, 0.6) is 0 Å². The van der Waals surface area contributed by atoms with Gasteiger partial charge in [-0.1, -0.05) is 11.6 Å². The number of benzene rings is 1. The second-order valence-electron chi connectivity index (χ2n) is 4.81. The quantitative estimate of drug-likeness (QED) is 0.903. The van der Waals surface area contributed by atoms with Crippen LogP contribution >= 0.6 is 11.6 Å². The van der Waals surface area contributed by atoms with Gasteiger partial charge in [-0.15, -0.1) is 0 Å². The molecule has 1 aliphatic rings. The van der Waals surface area contributed by atoms with Crippen molar-refractivity contribution in [1.82, 2.24) is 20.4 Å². The van der Waals surface area contributed by atoms with Gasteiger partial charge in [0.2, 0.25) is 0 Å². The van der Waals surface area contributed by atoms with Crippen molar-refractivity contribution in [3.63, 3.8) is 0 Å². The van der Waals surface area contributed by atoms with Crippen LogP contribution in [-0.2, 0) is 0 Å². The molecule has 2 N–H and O–H groups in total. The third kappa shape index (κ3) is 2.84. The number of hydrogen-bond acceptors (Lipinski definition) is 3. The first-order chi connectivity index (χ1) is 9.72. The van der Waals surface area contributed by atoms with E-state index in [9.17, 15) is 4.79 Å². The monoisotopic (exact) mass is 290 g/mol. The summed E-state index contributed by atoms with van der Waals surface area (Å²) in [5.41, 5.74) is 1.43. The highest BCUT2D eigenvalue weighted by Gasteiger charge is 2.18. The number of hydrogen-bond donors (Lipinski definition) is 2. The maximum atomic E-state index is 12.1. The predicted octanol–water partition coefficient (Wildman–Crippen LogP) is 1.62. The summed E-state index contributed by atoms with van der Waals surface area (Å²) in [7, 11) is 0. The van der Waals surface area contributed by atoms with Crippen LogP contribution < -0.4 is 10.6 Å². The molecule has 1 aromatic carbocycles. The Hall–Kier alpha value is -1.85. The van der Waals surface area contributed by atoms with Crippen molar-refractivity contribution in [2.75, 3.05) is 13.1 Å². The van der Waals surface area contributed by atoms with Gasteiger partial charge in [-0.05, 0) is 37.2 Å². The van der Waals surface area contributed by atoms with Crippen LogP contribution in [0.2, 0.25) is 5.02 Å². The van der Waals surface area contributed by atoms with Crippen molar-refractivity contribution in [1.29, 1.82) is 0 Å². The lowest BCUT2D eigenvalue weighted by molar-refractivity contribution is 0.0940. The average molecular weight is 291 g/mol. The molecule has 0 radical (unpaired) electrons. The first-order valence-corrected chi connectivity index (χ1v) is 6.92. The second kappa shape index (κ2) is 5.64. The van der Waals surface area contributed by atoms with Gasteiger partial charge in [0.05, 0.1) is 17.4 Å². The molecule has 1 saturated heterocycles. The van der Waals surface area contributed by atoms with Gasteiger partial charge in [0.15, 0.2) is 0 Å². The Morgan fingerprint density at radius 3 is 2.90 bits per heavy atom. The van der Waals surface area contributed by atoms with E-state index in [-0.39, 0.29) is 11.9 Å². The number of nitrogens with zero attached hydrogens (tertiary/aromatic N) is 2. The van der Waals surface area contributed by atoms with E-state index in [2.05, 4.69) is 15.7 Å². The smallest absolute Gasteiger partial charge is 0.254 e. The van der Waals surface area contributed by atoms with Gasteiger partial charge >= 0.3 is 0 Å². The van der Waals surface area contributed by atoms with Crippen molar-refractivity contribution in [2.24, 2.45) is 0 Å². The molecule has 0 spiro atoms. The van der Waals surface area contributed by atoms with Crippen LogP contribution in [-0.4, -0.2) is 34.8 Å². The zero-order valence-corrected chi connectivity index (χ0v) is 11.6. The zero-order chi connectivity index (χ0) is 13.9. The largest absolute Gasteiger partial charge is 0.348 e. The first-order valence-electron chi connectivity index (χ1n) is 6.54. The van der Waals surface area contributed by atoms with Crippen LogP contribution in [0, 0.1) is 0 Å². The van der Waals surface area contributed by atoms with Crippen LogP contribution in [0.4, 0.5) is 0 Å². The molecule has 104 valence electrons. The number of amides is 1. The number of aromatic nitrogens is 2. The molecule has 0 aliphatic carbocycles. The normalized spacial score (nSPS) is 18.1. The summed E-state index contributed by atoms with van der Waals surface area (Å²) >= 11 is 5.85. The van der Waals surface area contributed by atoms with E-state index in [0.717, 1.165) is 25.2 Å². The fourth-order valence-electron chi connectivity index (χ4n) is 2.22. The lowest BCUT2D eigenvalue weighted by atomic mass is 10.2. The summed E-state index contributed by atoms with van der Waals surface area (Å²) < 4.78 is 1.66. The molecule has 1 unspecified atom stereocenters. The molecule has 20 heavy (non-hydrogen) atoms. The van der Waals surface area contributed by atoms with Crippen molar-refractivity contribution >= 4 is 17.5 Å². The average Bonchev–Trinajstić information content (AvgIpc) is 3.10. The van der Waals surface area contributed by atoms with E-state index >= 15 is 0 Å². The summed E-state index contributed by atoms with van der Waals surface area (Å²) in [6.07, 6.45) is 4.27. The molecular formula is C14H15ClN4O. The van der Waals surface area contributed by atoms with E-state index in [1.54, 1.807) is 29.2 Å². The van der Waals surface area contributed by atoms with E-state index in [4.69, 9.17) is 11.6 Å². The minimum absolute atomic E-state index is 0.0843. The van der Waals surface area contributed by atoms with Gasteiger partial charge in [0, 0.05) is 23.8 Å². The SMILES string of the molecule is O=C(NC1CCNC1)c1cnn(-c2ccc(Cl)cc2)c1. The molecular weight excluding hydrogens is 276 g/mol. The molecule has 1 amide bonds. The van der Waals surface area contributed by atoms with Gasteiger partial charge in [-0.25, -0.2) is 4.68 Å². The minimum atomic E-state index is -0.0843. The standard InChI is InChI=1S/C14H15ClN4O/c15-11-1-3-13(4-2-11)19-9-10(7-17-19)14(20)18-12-5-6-16-8-12/h1-4,7,9,12,16H,5-6,8H2,(H,18,20). The van der Waals surface area contributed by atoms with Crippen molar-refractivity contribution in [2.45, 2.75) is 12.5 Å². The highest BCUT2D eigenvalue weighted by Crippen LogP contribution is 2.13. The van der Waals surface area contributed by atoms with E-state index in [1.165, 1.54) is 0 Å². The van der Waals surface area contributed by atoms with Gasteiger partial charge in [-0.2, -0.15) is 5.10 Å². The third-order valence-corrected chi connectivity index (χ3v) is 3.58. The van der Waals surface area contributed by atoms with Crippen molar-refractivity contribution < 1.29 is 4.79 Å². The number of rotatable bonds is 3. The Bertz CT molecular complexity index is 602. The van der Waals surface area contributed by atoms with Crippen LogP contribution in [0.15, 0.2) is 36.7 Å². The second-order valence-corrected chi connectivity index (χ2v) is 5.25. The maximum absolute atomic E-state index is 12.1. The molecule has 0 saturated carbocycles. The van der Waals surface area contributed by atoms with Crippen molar-refractivity contribution in [3.8, 4) is 5.69 Å². The topological polar surface area (TPSA) is 59.0 Å².